The van der Waals surface area contributed by atoms with Crippen LogP contribution in [0.25, 0.3) is 0 Å². The first kappa shape index (κ1) is 44.3. The van der Waals surface area contributed by atoms with E-state index in [2.05, 4.69) is 44.2 Å². The second-order valence-corrected chi connectivity index (χ2v) is 12.2. The van der Waals surface area contributed by atoms with E-state index in [1.54, 1.807) is 6.08 Å². The van der Waals surface area contributed by atoms with Gasteiger partial charge in [-0.2, -0.15) is 0 Å². The summed E-state index contributed by atoms with van der Waals surface area (Å²) in [5, 5.41) is 19.9. The summed E-state index contributed by atoms with van der Waals surface area (Å²) in [6.45, 7) is 4.04. The zero-order chi connectivity index (χ0) is 34.5. The van der Waals surface area contributed by atoms with E-state index in [0.29, 0.717) is 19.3 Å². The molecule has 268 valence electrons. The zero-order valence-corrected chi connectivity index (χ0v) is 29.9. The van der Waals surface area contributed by atoms with Crippen LogP contribution in [0.5, 0.6) is 0 Å². The third kappa shape index (κ3) is 36.0. The normalized spacial score (nSPS) is 13.7. The molecule has 0 bridgehead atoms. The number of aliphatic hydroxyl groups excluding tert-OH is 2. The third-order valence-corrected chi connectivity index (χ3v) is 7.55. The molecule has 0 aromatic rings. The molecular formula is C41H68O6. The lowest BCUT2D eigenvalue weighted by molar-refractivity contribution is -0.152. The van der Waals surface area contributed by atoms with E-state index in [1.807, 2.05) is 36.5 Å². The van der Waals surface area contributed by atoms with Crippen molar-refractivity contribution in [3.05, 3.63) is 72.9 Å². The van der Waals surface area contributed by atoms with Gasteiger partial charge in [-0.05, 0) is 44.9 Å². The fraction of sp³-hybridized carbons (Fsp3) is 0.659. The molecular weight excluding hydrogens is 588 g/mol. The molecule has 0 aliphatic carbocycles. The highest BCUT2D eigenvalue weighted by Crippen LogP contribution is 2.13. The minimum absolute atomic E-state index is 0.154. The number of esters is 2. The van der Waals surface area contributed by atoms with Gasteiger partial charge in [-0.25, -0.2) is 0 Å². The van der Waals surface area contributed by atoms with Gasteiger partial charge in [0.15, 0.2) is 0 Å². The minimum atomic E-state index is -1.01. The van der Waals surface area contributed by atoms with E-state index >= 15 is 0 Å². The molecule has 0 aliphatic heterocycles. The average Bonchev–Trinajstić information content (AvgIpc) is 3.06. The van der Waals surface area contributed by atoms with E-state index in [4.69, 9.17) is 9.47 Å². The Balaban J connectivity index is 3.67. The van der Waals surface area contributed by atoms with Crippen molar-refractivity contribution in [1.29, 1.82) is 0 Å². The lowest BCUT2D eigenvalue weighted by atomic mass is 10.0. The van der Waals surface area contributed by atoms with E-state index in [0.717, 1.165) is 44.9 Å². The summed E-state index contributed by atoms with van der Waals surface area (Å²) in [5.41, 5.74) is 0. The summed E-state index contributed by atoms with van der Waals surface area (Å²) in [6, 6.07) is 0. The summed E-state index contributed by atoms with van der Waals surface area (Å²) in [4.78, 5) is 23.8. The molecule has 0 aliphatic rings. The van der Waals surface area contributed by atoms with Crippen LogP contribution in [0, 0.1) is 0 Å². The number of rotatable bonds is 32. The molecule has 0 fully saturated rings. The SMILES string of the molecule is CC/C=C\C/C=C\CC(O)/C=C/C=C\C/C=C\C/C=C\CCC(=O)OC[C@@H](O)COC(=O)CCCCCCCCCCCCCCC. The maximum absolute atomic E-state index is 11.9. The van der Waals surface area contributed by atoms with Crippen molar-refractivity contribution in [1.82, 2.24) is 0 Å². The second-order valence-electron chi connectivity index (χ2n) is 12.2. The van der Waals surface area contributed by atoms with Gasteiger partial charge >= 0.3 is 11.9 Å². The lowest BCUT2D eigenvalue weighted by Crippen LogP contribution is -2.25. The number of ether oxygens (including phenoxy) is 2. The molecule has 2 N–H and O–H groups in total. The van der Waals surface area contributed by atoms with Gasteiger partial charge in [-0.15, -0.1) is 0 Å². The molecule has 0 aromatic heterocycles. The number of carbonyl (C=O) groups excluding carboxylic acids is 2. The molecule has 6 heteroatoms. The highest BCUT2D eigenvalue weighted by atomic mass is 16.6. The smallest absolute Gasteiger partial charge is 0.306 e. The van der Waals surface area contributed by atoms with Gasteiger partial charge in [0.1, 0.15) is 19.3 Å². The van der Waals surface area contributed by atoms with Crippen LogP contribution >= 0.6 is 0 Å². The van der Waals surface area contributed by atoms with Crippen molar-refractivity contribution in [3.63, 3.8) is 0 Å². The first-order valence-corrected chi connectivity index (χ1v) is 18.6. The number of hydrogen-bond donors (Lipinski definition) is 2. The Hall–Kier alpha value is -2.70. The zero-order valence-electron chi connectivity index (χ0n) is 29.9. The van der Waals surface area contributed by atoms with Crippen LogP contribution in [0.1, 0.15) is 149 Å². The molecule has 0 aromatic carbocycles. The Morgan fingerprint density at radius 3 is 1.64 bits per heavy atom. The molecule has 6 nitrogen and oxygen atoms in total. The number of unbranched alkanes of at least 4 members (excludes halogenated alkanes) is 12. The van der Waals surface area contributed by atoms with Crippen LogP contribution in [-0.4, -0.2) is 47.6 Å². The van der Waals surface area contributed by atoms with Crippen LogP contribution in [0.3, 0.4) is 0 Å². The Bertz CT molecular complexity index is 898. The second kappa shape index (κ2) is 36.1. The van der Waals surface area contributed by atoms with Gasteiger partial charge in [0.2, 0.25) is 0 Å². The van der Waals surface area contributed by atoms with Crippen molar-refractivity contribution in [3.8, 4) is 0 Å². The van der Waals surface area contributed by atoms with Crippen LogP contribution in [-0.2, 0) is 19.1 Å². The summed E-state index contributed by atoms with van der Waals surface area (Å²) < 4.78 is 10.2. The Labute approximate surface area is 287 Å². The van der Waals surface area contributed by atoms with Crippen LogP contribution in [0.2, 0.25) is 0 Å². The predicted octanol–water partition coefficient (Wildman–Crippen LogP) is 10.4. The molecule has 0 saturated carbocycles. The number of carbonyl (C=O) groups is 2. The number of allylic oxidation sites excluding steroid dienone is 10. The molecule has 0 saturated heterocycles. The van der Waals surface area contributed by atoms with E-state index in [1.165, 1.54) is 64.2 Å². The van der Waals surface area contributed by atoms with Gasteiger partial charge in [0.25, 0.3) is 0 Å². The van der Waals surface area contributed by atoms with Crippen molar-refractivity contribution in [2.45, 2.75) is 161 Å². The minimum Gasteiger partial charge on any atom is -0.463 e. The van der Waals surface area contributed by atoms with E-state index < -0.39 is 12.2 Å². The first-order chi connectivity index (χ1) is 23.0. The van der Waals surface area contributed by atoms with Gasteiger partial charge in [-0.3, -0.25) is 9.59 Å². The molecule has 0 amide bonds. The summed E-state index contributed by atoms with van der Waals surface area (Å²) in [7, 11) is 0. The van der Waals surface area contributed by atoms with Crippen molar-refractivity contribution in [2.24, 2.45) is 0 Å². The lowest BCUT2D eigenvalue weighted by Gasteiger charge is -2.12. The standard InChI is InChI=1S/C41H68O6/c1-3-5-7-9-11-12-13-14-15-19-22-26-30-34-40(44)46-36-39(43)37-47-41(45)35-31-27-23-20-17-16-18-21-25-29-33-38(42)32-28-24-10-8-6-4-2/h6,8,16-17,21,23-25,27-29,33,38-39,42-43H,3-5,7,9-15,18-20,22,26,30-32,34-37H2,1-2H3/b8-6-,17-16-,25-21-,27-23-,28-24-,33-29+/t38?,39-/m0/s1. The monoisotopic (exact) mass is 657 g/mol. The molecule has 47 heavy (non-hydrogen) atoms. The fourth-order valence-corrected chi connectivity index (χ4v) is 4.72. The van der Waals surface area contributed by atoms with Crippen molar-refractivity contribution >= 4 is 11.9 Å². The summed E-state index contributed by atoms with van der Waals surface area (Å²) >= 11 is 0. The highest BCUT2D eigenvalue weighted by Gasteiger charge is 2.11. The highest BCUT2D eigenvalue weighted by molar-refractivity contribution is 5.70. The Kier molecular flexibility index (Phi) is 34.1. The van der Waals surface area contributed by atoms with Crippen LogP contribution in [0.15, 0.2) is 72.9 Å². The Morgan fingerprint density at radius 2 is 1.04 bits per heavy atom. The molecule has 1 unspecified atom stereocenters. The molecule has 0 rings (SSSR count). The van der Waals surface area contributed by atoms with Crippen LogP contribution < -0.4 is 0 Å². The third-order valence-electron chi connectivity index (χ3n) is 7.55. The van der Waals surface area contributed by atoms with Gasteiger partial charge in [-0.1, -0.05) is 164 Å². The maximum atomic E-state index is 11.9. The van der Waals surface area contributed by atoms with Crippen molar-refractivity contribution < 1.29 is 29.3 Å². The fourth-order valence-electron chi connectivity index (χ4n) is 4.72. The average molecular weight is 657 g/mol. The van der Waals surface area contributed by atoms with E-state index in [-0.39, 0.29) is 31.6 Å². The predicted molar refractivity (Wildman–Crippen MR) is 197 cm³/mol. The summed E-state index contributed by atoms with van der Waals surface area (Å²) in [6.07, 6.45) is 44.2. The quantitative estimate of drug-likeness (QED) is 0.0324. The molecule has 0 radical (unpaired) electrons. The van der Waals surface area contributed by atoms with Crippen molar-refractivity contribution in [2.75, 3.05) is 13.2 Å². The van der Waals surface area contributed by atoms with Gasteiger partial charge in [0, 0.05) is 12.8 Å². The first-order valence-electron chi connectivity index (χ1n) is 18.6. The largest absolute Gasteiger partial charge is 0.463 e. The topological polar surface area (TPSA) is 93.1 Å². The van der Waals surface area contributed by atoms with Crippen LogP contribution in [0.4, 0.5) is 0 Å². The summed E-state index contributed by atoms with van der Waals surface area (Å²) in [5.74, 6) is -0.693. The maximum Gasteiger partial charge on any atom is 0.306 e. The van der Waals surface area contributed by atoms with E-state index in [9.17, 15) is 19.8 Å². The molecule has 0 spiro atoms. The van der Waals surface area contributed by atoms with Gasteiger partial charge < -0.3 is 19.7 Å². The molecule has 0 heterocycles. The number of hydrogen-bond acceptors (Lipinski definition) is 6. The molecule has 2 atom stereocenters. The Morgan fingerprint density at radius 1 is 0.553 bits per heavy atom. The number of aliphatic hydroxyl groups is 2. The van der Waals surface area contributed by atoms with Gasteiger partial charge in [0.05, 0.1) is 6.10 Å².